The first kappa shape index (κ1) is 26.3. The molecule has 1 rings (SSSR count). The number of carbonyl (C=O) groups is 3. The predicted octanol–water partition coefficient (Wildman–Crippen LogP) is 0.0715. The summed E-state index contributed by atoms with van der Waals surface area (Å²) in [4.78, 5) is 30.8. The van der Waals surface area contributed by atoms with Crippen LogP contribution in [0.3, 0.4) is 0 Å². The molecule has 1 aromatic carbocycles. The highest BCUT2D eigenvalue weighted by Gasteiger charge is 2.38. The molecular formula is C15H19F4N3O6S. The number of aliphatic carboxylic acids is 1. The van der Waals surface area contributed by atoms with E-state index in [2.05, 4.69) is 5.32 Å². The fourth-order valence-electron chi connectivity index (χ4n) is 1.70. The second-order valence-corrected chi connectivity index (χ2v) is 7.65. The Hall–Kier alpha value is -2.74. The van der Waals surface area contributed by atoms with Crippen LogP contribution in [0, 0.1) is 5.82 Å². The van der Waals surface area contributed by atoms with Crippen molar-refractivity contribution in [3.63, 3.8) is 0 Å². The Kier molecular flexibility index (Phi) is 9.70. The molecule has 0 saturated heterocycles. The number of carboxylic acids is 1. The third kappa shape index (κ3) is 10.4. The zero-order chi connectivity index (χ0) is 23.0. The molecule has 0 aliphatic heterocycles. The number of nitrogens with one attached hydrogen (secondary N) is 1. The summed E-state index contributed by atoms with van der Waals surface area (Å²) in [6, 6.07) is 2.67. The maximum atomic E-state index is 13.7. The molecule has 0 radical (unpaired) electrons. The summed E-state index contributed by atoms with van der Waals surface area (Å²) in [5.41, 5.74) is 10.9. The zero-order valence-corrected chi connectivity index (χ0v) is 15.8. The van der Waals surface area contributed by atoms with Crippen LogP contribution in [0.25, 0.3) is 0 Å². The minimum atomic E-state index is -5.08. The Morgan fingerprint density at radius 3 is 2.14 bits per heavy atom. The first-order valence-electron chi connectivity index (χ1n) is 7.66. The fourth-order valence-corrected chi connectivity index (χ4v) is 2.43. The molecule has 2 amide bonds. The van der Waals surface area contributed by atoms with Gasteiger partial charge in [0.15, 0.2) is 9.84 Å². The molecule has 1 atom stereocenters. The average Bonchev–Trinajstić information content (AvgIpc) is 2.56. The van der Waals surface area contributed by atoms with Crippen LogP contribution < -0.4 is 16.8 Å². The normalized spacial score (nSPS) is 12.3. The summed E-state index contributed by atoms with van der Waals surface area (Å²) in [5, 5.41) is 9.60. The summed E-state index contributed by atoms with van der Waals surface area (Å²) < 4.78 is 68.0. The molecule has 1 aromatic rings. The van der Waals surface area contributed by atoms with E-state index >= 15 is 0 Å². The number of halogens is 4. The van der Waals surface area contributed by atoms with Gasteiger partial charge >= 0.3 is 12.1 Å². The van der Waals surface area contributed by atoms with Crippen LogP contribution in [0.1, 0.15) is 18.4 Å². The third-order valence-electron chi connectivity index (χ3n) is 3.14. The molecule has 0 fully saturated rings. The lowest BCUT2D eigenvalue weighted by molar-refractivity contribution is -0.192. The van der Waals surface area contributed by atoms with Crippen LogP contribution in [0.5, 0.6) is 0 Å². The van der Waals surface area contributed by atoms with Crippen molar-refractivity contribution in [1.82, 2.24) is 5.32 Å². The van der Waals surface area contributed by atoms with Gasteiger partial charge in [-0.25, -0.2) is 17.6 Å². The minimum Gasteiger partial charge on any atom is -0.475 e. The summed E-state index contributed by atoms with van der Waals surface area (Å²) in [6.07, 6.45) is -4.07. The van der Waals surface area contributed by atoms with Gasteiger partial charge in [0, 0.05) is 19.2 Å². The third-order valence-corrected chi connectivity index (χ3v) is 4.27. The van der Waals surface area contributed by atoms with Gasteiger partial charge in [0.2, 0.25) is 11.8 Å². The lowest BCUT2D eigenvalue weighted by atomic mass is 10.1. The van der Waals surface area contributed by atoms with Gasteiger partial charge in [0.05, 0.1) is 6.04 Å². The number of carbonyl (C=O) groups excluding carboxylic acids is 2. The predicted molar refractivity (Wildman–Crippen MR) is 91.5 cm³/mol. The standard InChI is InChI=1S/C13H18FN3O4S.C2HF3O2/c1-22(20,21)11-4-2-8(6-9(11)14)7-17-13(19)10(15)3-5-12(16)18;3-2(4,5)1(6)7/h2,4,6,10H,3,5,7,15H2,1H3,(H2,16,18)(H,17,19);(H,6,7)/t10-;/m0./s1. The molecule has 0 saturated carbocycles. The first-order valence-corrected chi connectivity index (χ1v) is 9.55. The van der Waals surface area contributed by atoms with Crippen molar-refractivity contribution in [3.05, 3.63) is 29.6 Å². The molecule has 0 bridgehead atoms. The number of primary amides is 1. The molecule has 0 unspecified atom stereocenters. The highest BCUT2D eigenvalue weighted by atomic mass is 32.2. The summed E-state index contributed by atoms with van der Waals surface area (Å²) in [5.74, 6) is -4.70. The van der Waals surface area contributed by atoms with E-state index < -0.39 is 50.6 Å². The fraction of sp³-hybridized carbons (Fsp3) is 0.400. The number of nitrogens with two attached hydrogens (primary N) is 2. The smallest absolute Gasteiger partial charge is 0.475 e. The lowest BCUT2D eigenvalue weighted by Crippen LogP contribution is -2.40. The van der Waals surface area contributed by atoms with Crippen LogP contribution in [0.2, 0.25) is 0 Å². The Bertz CT molecular complexity index is 858. The van der Waals surface area contributed by atoms with Crippen LogP contribution in [-0.2, 0) is 30.8 Å². The van der Waals surface area contributed by atoms with Gasteiger partial charge in [-0.15, -0.1) is 0 Å². The van der Waals surface area contributed by atoms with E-state index in [-0.39, 0.29) is 19.4 Å². The monoisotopic (exact) mass is 445 g/mol. The first-order chi connectivity index (χ1) is 13.1. The van der Waals surface area contributed by atoms with E-state index in [4.69, 9.17) is 21.4 Å². The molecule has 0 aliphatic carbocycles. The molecule has 0 aliphatic rings. The van der Waals surface area contributed by atoms with Crippen LogP contribution in [-0.4, -0.2) is 49.8 Å². The van der Waals surface area contributed by atoms with Gasteiger partial charge in [-0.2, -0.15) is 13.2 Å². The van der Waals surface area contributed by atoms with E-state index in [0.29, 0.717) is 5.56 Å². The van der Waals surface area contributed by atoms with Gasteiger partial charge in [-0.1, -0.05) is 6.07 Å². The summed E-state index contributed by atoms with van der Waals surface area (Å²) >= 11 is 0. The number of amides is 2. The van der Waals surface area contributed by atoms with Crippen molar-refractivity contribution in [1.29, 1.82) is 0 Å². The molecule has 164 valence electrons. The largest absolute Gasteiger partial charge is 0.490 e. The van der Waals surface area contributed by atoms with Crippen molar-refractivity contribution in [2.75, 3.05) is 6.26 Å². The Morgan fingerprint density at radius 1 is 1.24 bits per heavy atom. The summed E-state index contributed by atoms with van der Waals surface area (Å²) in [7, 11) is -3.64. The van der Waals surface area contributed by atoms with E-state index in [9.17, 15) is 35.6 Å². The summed E-state index contributed by atoms with van der Waals surface area (Å²) in [6.45, 7) is -0.00985. The van der Waals surface area contributed by atoms with E-state index in [0.717, 1.165) is 18.4 Å². The van der Waals surface area contributed by atoms with Crippen molar-refractivity contribution in [2.24, 2.45) is 11.5 Å². The van der Waals surface area contributed by atoms with Crippen LogP contribution >= 0.6 is 0 Å². The number of sulfone groups is 1. The van der Waals surface area contributed by atoms with E-state index in [1.807, 2.05) is 0 Å². The highest BCUT2D eigenvalue weighted by molar-refractivity contribution is 7.90. The molecular weight excluding hydrogens is 426 g/mol. The maximum Gasteiger partial charge on any atom is 0.490 e. The van der Waals surface area contributed by atoms with Crippen LogP contribution in [0.15, 0.2) is 23.1 Å². The molecule has 0 heterocycles. The second kappa shape index (κ2) is 10.7. The van der Waals surface area contributed by atoms with E-state index in [1.54, 1.807) is 0 Å². The molecule has 9 nitrogen and oxygen atoms in total. The number of rotatable bonds is 7. The maximum absolute atomic E-state index is 13.7. The van der Waals surface area contributed by atoms with Gasteiger partial charge in [-0.05, 0) is 24.1 Å². The van der Waals surface area contributed by atoms with Crippen molar-refractivity contribution < 1.29 is 45.5 Å². The van der Waals surface area contributed by atoms with Gasteiger partial charge < -0.3 is 21.9 Å². The van der Waals surface area contributed by atoms with Crippen molar-refractivity contribution in [3.8, 4) is 0 Å². The van der Waals surface area contributed by atoms with Crippen LogP contribution in [0.4, 0.5) is 17.6 Å². The number of benzene rings is 1. The zero-order valence-electron chi connectivity index (χ0n) is 15.0. The van der Waals surface area contributed by atoms with Gasteiger partial charge in [-0.3, -0.25) is 9.59 Å². The molecule has 6 N–H and O–H groups in total. The average molecular weight is 445 g/mol. The number of hydrogen-bond donors (Lipinski definition) is 4. The van der Waals surface area contributed by atoms with Gasteiger partial charge in [0.25, 0.3) is 0 Å². The topological polar surface area (TPSA) is 170 Å². The molecule has 29 heavy (non-hydrogen) atoms. The van der Waals surface area contributed by atoms with Crippen molar-refractivity contribution in [2.45, 2.75) is 36.5 Å². The molecule has 14 heteroatoms. The number of alkyl halides is 3. The number of hydrogen-bond acceptors (Lipinski definition) is 6. The lowest BCUT2D eigenvalue weighted by Gasteiger charge is -2.12. The minimum absolute atomic E-state index is 0.00767. The Labute approximate surface area is 163 Å². The second-order valence-electron chi connectivity index (χ2n) is 5.67. The number of carboxylic acid groups (broad SMARTS) is 1. The van der Waals surface area contributed by atoms with E-state index in [1.165, 1.54) is 6.07 Å². The van der Waals surface area contributed by atoms with Gasteiger partial charge in [0.1, 0.15) is 10.7 Å². The SMILES string of the molecule is CS(=O)(=O)c1ccc(CNC(=O)[C@@H](N)CCC(N)=O)cc1F.O=C(O)C(F)(F)F. The Morgan fingerprint density at radius 2 is 1.76 bits per heavy atom. The molecule has 0 aromatic heterocycles. The molecule has 0 spiro atoms. The van der Waals surface area contributed by atoms with Crippen molar-refractivity contribution >= 4 is 27.6 Å². The highest BCUT2D eigenvalue weighted by Crippen LogP contribution is 2.16. The Balaban J connectivity index is 0.000000956. The quantitative estimate of drug-likeness (QED) is 0.430.